The van der Waals surface area contributed by atoms with Crippen LogP contribution in [0.4, 0.5) is 0 Å². The van der Waals surface area contributed by atoms with Crippen molar-refractivity contribution in [2.24, 2.45) is 5.73 Å². The van der Waals surface area contributed by atoms with Crippen LogP contribution in [-0.4, -0.2) is 30.1 Å². The number of hydrogen-bond acceptors (Lipinski definition) is 4. The van der Waals surface area contributed by atoms with Crippen LogP contribution in [0, 0.1) is 0 Å². The first kappa shape index (κ1) is 11.9. The number of nitrogens with two attached hydrogens (primary N) is 1. The molecule has 0 heterocycles. The van der Waals surface area contributed by atoms with E-state index in [-0.39, 0.29) is 5.97 Å². The Labute approximate surface area is 89.8 Å². The zero-order valence-electron chi connectivity index (χ0n) is 8.70. The highest BCUT2D eigenvalue weighted by Crippen LogP contribution is 2.28. The van der Waals surface area contributed by atoms with Crippen LogP contribution in [-0.2, 0) is 9.53 Å². The van der Waals surface area contributed by atoms with Crippen molar-refractivity contribution < 1.29 is 9.53 Å². The summed E-state index contributed by atoms with van der Waals surface area (Å²) in [6, 6.07) is 0.374. The van der Waals surface area contributed by atoms with Crippen LogP contribution in [0.15, 0.2) is 0 Å². The van der Waals surface area contributed by atoms with E-state index in [1.165, 1.54) is 20.0 Å². The van der Waals surface area contributed by atoms with E-state index in [0.717, 1.165) is 18.6 Å². The maximum atomic E-state index is 10.9. The van der Waals surface area contributed by atoms with Crippen LogP contribution >= 0.6 is 11.8 Å². The summed E-state index contributed by atoms with van der Waals surface area (Å²) >= 11 is 1.86. The summed E-state index contributed by atoms with van der Waals surface area (Å²) in [6.45, 7) is 0. The lowest BCUT2D eigenvalue weighted by atomic mass is 9.96. The topological polar surface area (TPSA) is 52.3 Å². The van der Waals surface area contributed by atoms with Gasteiger partial charge in [-0.2, -0.15) is 11.8 Å². The second-order valence-electron chi connectivity index (χ2n) is 3.75. The molecule has 1 fully saturated rings. The molecule has 0 amide bonds. The van der Waals surface area contributed by atoms with E-state index in [4.69, 9.17) is 5.73 Å². The highest BCUT2D eigenvalue weighted by Gasteiger charge is 2.19. The van der Waals surface area contributed by atoms with Gasteiger partial charge in [0.15, 0.2) is 0 Å². The summed E-state index contributed by atoms with van der Waals surface area (Å²) in [7, 11) is 1.43. The fourth-order valence-electron chi connectivity index (χ4n) is 1.74. The van der Waals surface area contributed by atoms with E-state index >= 15 is 0 Å². The van der Waals surface area contributed by atoms with Gasteiger partial charge in [-0.05, 0) is 19.3 Å². The molecule has 2 unspecified atom stereocenters. The van der Waals surface area contributed by atoms with Crippen molar-refractivity contribution in [3.63, 3.8) is 0 Å². The summed E-state index contributed by atoms with van der Waals surface area (Å²) in [5, 5.41) is 0.656. The average Bonchev–Trinajstić information content (AvgIpc) is 2.17. The standard InChI is InChI=1S/C10H19NO2S/c1-13-10(12)5-6-14-9-4-2-3-8(11)7-9/h8-9H,2-7,11H2,1H3. The van der Waals surface area contributed by atoms with Crippen LogP contribution < -0.4 is 5.73 Å². The third-order valence-electron chi connectivity index (χ3n) is 2.55. The average molecular weight is 217 g/mol. The molecule has 0 aromatic rings. The Morgan fingerprint density at radius 2 is 2.36 bits per heavy atom. The molecule has 1 aliphatic carbocycles. The summed E-state index contributed by atoms with van der Waals surface area (Å²) in [5.74, 6) is 0.752. The monoisotopic (exact) mass is 217 g/mol. The molecule has 4 heteroatoms. The fourth-order valence-corrected chi connectivity index (χ4v) is 3.08. The number of hydrogen-bond donors (Lipinski definition) is 1. The molecule has 1 aliphatic rings. The lowest BCUT2D eigenvalue weighted by Gasteiger charge is -2.25. The number of esters is 1. The van der Waals surface area contributed by atoms with Gasteiger partial charge >= 0.3 is 5.97 Å². The zero-order chi connectivity index (χ0) is 10.4. The first-order valence-corrected chi connectivity index (χ1v) is 6.21. The summed E-state index contributed by atoms with van der Waals surface area (Å²) in [4.78, 5) is 10.9. The number of thioether (sulfide) groups is 1. The van der Waals surface area contributed by atoms with Gasteiger partial charge in [-0.25, -0.2) is 0 Å². The molecule has 3 nitrogen and oxygen atoms in total. The molecule has 14 heavy (non-hydrogen) atoms. The van der Waals surface area contributed by atoms with Crippen LogP contribution in [0.2, 0.25) is 0 Å². The van der Waals surface area contributed by atoms with Crippen LogP contribution in [0.1, 0.15) is 32.1 Å². The van der Waals surface area contributed by atoms with Crippen molar-refractivity contribution in [1.29, 1.82) is 0 Å². The van der Waals surface area contributed by atoms with E-state index < -0.39 is 0 Å². The number of carbonyl (C=O) groups is 1. The molecule has 0 aliphatic heterocycles. The largest absolute Gasteiger partial charge is 0.469 e. The minimum atomic E-state index is -0.113. The Bertz CT molecular complexity index is 187. The van der Waals surface area contributed by atoms with Crippen molar-refractivity contribution in [2.75, 3.05) is 12.9 Å². The Morgan fingerprint density at radius 1 is 1.57 bits per heavy atom. The Kier molecular flexibility index (Phi) is 5.33. The highest BCUT2D eigenvalue weighted by atomic mass is 32.2. The maximum absolute atomic E-state index is 10.9. The number of methoxy groups -OCH3 is 1. The number of carbonyl (C=O) groups excluding carboxylic acids is 1. The van der Waals surface area contributed by atoms with Gasteiger partial charge < -0.3 is 10.5 Å². The van der Waals surface area contributed by atoms with Gasteiger partial charge in [0.25, 0.3) is 0 Å². The minimum absolute atomic E-state index is 0.113. The SMILES string of the molecule is COC(=O)CCSC1CCCC(N)C1. The third-order valence-corrected chi connectivity index (χ3v) is 3.89. The van der Waals surface area contributed by atoms with Crippen molar-refractivity contribution in [3.8, 4) is 0 Å². The lowest BCUT2D eigenvalue weighted by Crippen LogP contribution is -2.29. The van der Waals surface area contributed by atoms with Gasteiger partial charge in [0.05, 0.1) is 13.5 Å². The van der Waals surface area contributed by atoms with Gasteiger partial charge in [-0.1, -0.05) is 6.42 Å². The fraction of sp³-hybridized carbons (Fsp3) is 0.900. The van der Waals surface area contributed by atoms with E-state index in [1.54, 1.807) is 0 Å². The molecule has 0 bridgehead atoms. The lowest BCUT2D eigenvalue weighted by molar-refractivity contribution is -0.140. The smallest absolute Gasteiger partial charge is 0.306 e. The first-order valence-electron chi connectivity index (χ1n) is 5.16. The Hall–Kier alpha value is -0.220. The first-order chi connectivity index (χ1) is 6.72. The van der Waals surface area contributed by atoms with E-state index in [2.05, 4.69) is 4.74 Å². The molecular weight excluding hydrogens is 198 g/mol. The molecule has 82 valence electrons. The molecule has 1 rings (SSSR count). The summed E-state index contributed by atoms with van der Waals surface area (Å²) in [5.41, 5.74) is 5.88. The molecule has 0 aromatic carbocycles. The van der Waals surface area contributed by atoms with Gasteiger partial charge in [0.1, 0.15) is 0 Å². The van der Waals surface area contributed by atoms with E-state index in [1.807, 2.05) is 11.8 Å². The molecule has 2 N–H and O–H groups in total. The molecule has 2 atom stereocenters. The Balaban J connectivity index is 2.08. The van der Waals surface area contributed by atoms with Gasteiger partial charge in [-0.15, -0.1) is 0 Å². The predicted octanol–water partition coefficient (Wildman–Crippen LogP) is 1.55. The van der Waals surface area contributed by atoms with Crippen LogP contribution in [0.25, 0.3) is 0 Å². The van der Waals surface area contributed by atoms with Crippen molar-refractivity contribution in [3.05, 3.63) is 0 Å². The molecule has 0 spiro atoms. The van der Waals surface area contributed by atoms with Crippen LogP contribution in [0.5, 0.6) is 0 Å². The maximum Gasteiger partial charge on any atom is 0.306 e. The summed E-state index contributed by atoms with van der Waals surface area (Å²) < 4.78 is 4.58. The molecular formula is C10H19NO2S. The Morgan fingerprint density at radius 3 is 3.00 bits per heavy atom. The van der Waals surface area contributed by atoms with Gasteiger partial charge in [0.2, 0.25) is 0 Å². The quantitative estimate of drug-likeness (QED) is 0.726. The van der Waals surface area contributed by atoms with Crippen LogP contribution in [0.3, 0.4) is 0 Å². The number of ether oxygens (including phenoxy) is 1. The van der Waals surface area contributed by atoms with Crippen molar-refractivity contribution >= 4 is 17.7 Å². The highest BCUT2D eigenvalue weighted by molar-refractivity contribution is 7.99. The van der Waals surface area contributed by atoms with Crippen molar-refractivity contribution in [1.82, 2.24) is 0 Å². The van der Waals surface area contributed by atoms with Crippen molar-refractivity contribution in [2.45, 2.75) is 43.4 Å². The third kappa shape index (κ3) is 4.33. The summed E-state index contributed by atoms with van der Waals surface area (Å²) in [6.07, 6.45) is 5.27. The zero-order valence-corrected chi connectivity index (χ0v) is 9.52. The van der Waals surface area contributed by atoms with Gasteiger partial charge in [0, 0.05) is 17.0 Å². The minimum Gasteiger partial charge on any atom is -0.469 e. The predicted molar refractivity (Wildman–Crippen MR) is 59.3 cm³/mol. The van der Waals surface area contributed by atoms with E-state index in [9.17, 15) is 4.79 Å². The molecule has 0 aromatic heterocycles. The molecule has 0 saturated heterocycles. The molecule has 1 saturated carbocycles. The normalized spacial score (nSPS) is 27.3. The van der Waals surface area contributed by atoms with E-state index in [0.29, 0.717) is 17.7 Å². The second kappa shape index (κ2) is 6.30. The molecule has 0 radical (unpaired) electrons. The second-order valence-corrected chi connectivity index (χ2v) is 5.15. The number of rotatable bonds is 4. The van der Waals surface area contributed by atoms with Gasteiger partial charge in [-0.3, -0.25) is 4.79 Å².